The van der Waals surface area contributed by atoms with Gasteiger partial charge in [0.05, 0.1) is 3.79 Å². The minimum atomic E-state index is -3.79. The van der Waals surface area contributed by atoms with Crippen LogP contribution in [0.5, 0.6) is 0 Å². The highest BCUT2D eigenvalue weighted by Crippen LogP contribution is 2.31. The number of nitrogens with zero attached hydrogens (tertiary/aromatic N) is 1. The number of thiophene rings is 1. The van der Waals surface area contributed by atoms with Crippen molar-refractivity contribution < 1.29 is 13.2 Å². The van der Waals surface area contributed by atoms with Crippen molar-refractivity contribution in [3.05, 3.63) is 50.2 Å². The summed E-state index contributed by atoms with van der Waals surface area (Å²) in [6, 6.07) is 10.1. The molecule has 1 aromatic heterocycles. The standard InChI is InChI=1S/C17H18Br2N2O3S2/c18-13-6-4-12(5-7-13)11-21(14-3-1-2-10-20-17(14)22)26(23,24)16-9-8-15(19)25-16/h4-9,14H,1-3,10-11H2,(H,20,22)/t14-/m1/s1. The quantitative estimate of drug-likeness (QED) is 0.643. The SMILES string of the molecule is O=C1NCCCC[C@H]1N(Cc1ccc(Br)cc1)S(=O)(=O)c1ccc(Br)s1. The zero-order valence-corrected chi connectivity index (χ0v) is 18.6. The smallest absolute Gasteiger partial charge is 0.253 e. The number of carbonyl (C=O) groups is 1. The first-order valence-corrected chi connectivity index (χ1v) is 12.0. The van der Waals surface area contributed by atoms with Gasteiger partial charge in [0.1, 0.15) is 10.3 Å². The lowest BCUT2D eigenvalue weighted by molar-refractivity contribution is -0.124. The summed E-state index contributed by atoms with van der Waals surface area (Å²) in [4.78, 5) is 12.6. The number of hydrogen-bond donors (Lipinski definition) is 1. The summed E-state index contributed by atoms with van der Waals surface area (Å²) in [6.07, 6.45) is 2.19. The van der Waals surface area contributed by atoms with Crippen molar-refractivity contribution in [2.24, 2.45) is 0 Å². The number of benzene rings is 1. The number of halogens is 2. The van der Waals surface area contributed by atoms with Crippen LogP contribution in [-0.2, 0) is 21.4 Å². The van der Waals surface area contributed by atoms with Gasteiger partial charge in [-0.05, 0) is 65.0 Å². The van der Waals surface area contributed by atoms with E-state index in [2.05, 4.69) is 37.2 Å². The summed E-state index contributed by atoms with van der Waals surface area (Å²) < 4.78 is 29.8. The van der Waals surface area contributed by atoms with E-state index in [-0.39, 0.29) is 16.7 Å². The Morgan fingerprint density at radius 2 is 1.85 bits per heavy atom. The molecule has 0 aliphatic carbocycles. The lowest BCUT2D eigenvalue weighted by Crippen LogP contribution is -2.48. The highest BCUT2D eigenvalue weighted by Gasteiger charge is 2.37. The maximum Gasteiger partial charge on any atom is 0.253 e. The summed E-state index contributed by atoms with van der Waals surface area (Å²) in [5.41, 5.74) is 0.837. The third kappa shape index (κ3) is 4.56. The van der Waals surface area contributed by atoms with Crippen LogP contribution in [0.2, 0.25) is 0 Å². The van der Waals surface area contributed by atoms with Crippen molar-refractivity contribution in [3.63, 3.8) is 0 Å². The third-order valence-corrected chi connectivity index (χ3v) is 8.69. The number of rotatable bonds is 5. The van der Waals surface area contributed by atoms with E-state index in [9.17, 15) is 13.2 Å². The Kier molecular flexibility index (Phi) is 6.55. The van der Waals surface area contributed by atoms with E-state index in [0.717, 1.165) is 38.0 Å². The second-order valence-electron chi connectivity index (χ2n) is 6.04. The molecule has 1 saturated heterocycles. The van der Waals surface area contributed by atoms with Gasteiger partial charge in [0.2, 0.25) is 5.91 Å². The van der Waals surface area contributed by atoms with Crippen molar-refractivity contribution in [2.45, 2.75) is 36.1 Å². The van der Waals surface area contributed by atoms with Gasteiger partial charge >= 0.3 is 0 Å². The molecular formula is C17H18Br2N2O3S2. The fourth-order valence-electron chi connectivity index (χ4n) is 2.88. The van der Waals surface area contributed by atoms with Gasteiger partial charge in [0.15, 0.2) is 0 Å². The van der Waals surface area contributed by atoms with Crippen LogP contribution < -0.4 is 5.32 Å². The molecule has 2 heterocycles. The van der Waals surface area contributed by atoms with E-state index in [0.29, 0.717) is 13.0 Å². The lowest BCUT2D eigenvalue weighted by Gasteiger charge is -2.28. The highest BCUT2D eigenvalue weighted by molar-refractivity contribution is 9.11. The minimum absolute atomic E-state index is 0.156. The Bertz CT molecular complexity index is 882. The molecule has 140 valence electrons. The second kappa shape index (κ2) is 8.52. The van der Waals surface area contributed by atoms with Gasteiger partial charge in [-0.2, -0.15) is 4.31 Å². The summed E-state index contributed by atoms with van der Waals surface area (Å²) in [6.45, 7) is 0.745. The number of carbonyl (C=O) groups excluding carboxylic acids is 1. The van der Waals surface area contributed by atoms with Crippen molar-refractivity contribution >= 4 is 59.1 Å². The van der Waals surface area contributed by atoms with Crippen LogP contribution in [0.25, 0.3) is 0 Å². The second-order valence-corrected chi connectivity index (χ2v) is 11.5. The molecule has 1 aliphatic rings. The van der Waals surface area contributed by atoms with Crippen LogP contribution in [0.1, 0.15) is 24.8 Å². The van der Waals surface area contributed by atoms with Gasteiger partial charge in [-0.3, -0.25) is 4.79 Å². The zero-order chi connectivity index (χ0) is 18.7. The third-order valence-electron chi connectivity index (χ3n) is 4.22. The van der Waals surface area contributed by atoms with Crippen molar-refractivity contribution in [1.82, 2.24) is 9.62 Å². The van der Waals surface area contributed by atoms with Crippen LogP contribution in [0.15, 0.2) is 48.9 Å². The molecular weight excluding hydrogens is 504 g/mol. The van der Waals surface area contributed by atoms with E-state index in [1.54, 1.807) is 12.1 Å². The topological polar surface area (TPSA) is 66.5 Å². The normalized spacial score (nSPS) is 18.6. The molecule has 1 fully saturated rings. The predicted octanol–water partition coefficient (Wildman–Crippen LogP) is 4.13. The first-order chi connectivity index (χ1) is 12.4. The summed E-state index contributed by atoms with van der Waals surface area (Å²) >= 11 is 7.86. The molecule has 2 aromatic rings. The Labute approximate surface area is 174 Å². The first kappa shape index (κ1) is 20.0. The summed E-state index contributed by atoms with van der Waals surface area (Å²) in [5, 5.41) is 2.84. The monoisotopic (exact) mass is 520 g/mol. The minimum Gasteiger partial charge on any atom is -0.355 e. The predicted molar refractivity (Wildman–Crippen MR) is 110 cm³/mol. The van der Waals surface area contributed by atoms with Gasteiger partial charge < -0.3 is 5.32 Å². The van der Waals surface area contributed by atoms with Crippen LogP contribution in [-0.4, -0.2) is 31.2 Å². The van der Waals surface area contributed by atoms with Crippen molar-refractivity contribution in [1.29, 1.82) is 0 Å². The number of nitrogens with one attached hydrogen (secondary N) is 1. The maximum absolute atomic E-state index is 13.3. The van der Waals surface area contributed by atoms with Crippen LogP contribution >= 0.6 is 43.2 Å². The van der Waals surface area contributed by atoms with Crippen LogP contribution in [0.4, 0.5) is 0 Å². The summed E-state index contributed by atoms with van der Waals surface area (Å²) in [5.74, 6) is -0.223. The number of hydrogen-bond acceptors (Lipinski definition) is 4. The van der Waals surface area contributed by atoms with E-state index >= 15 is 0 Å². The fraction of sp³-hybridized carbons (Fsp3) is 0.353. The average molecular weight is 522 g/mol. The Morgan fingerprint density at radius 1 is 1.12 bits per heavy atom. The molecule has 0 saturated carbocycles. The molecule has 1 aliphatic heterocycles. The fourth-order valence-corrected chi connectivity index (χ4v) is 6.89. The molecule has 0 bridgehead atoms. The van der Waals surface area contributed by atoms with Crippen LogP contribution in [0.3, 0.4) is 0 Å². The molecule has 0 spiro atoms. The lowest BCUT2D eigenvalue weighted by atomic mass is 10.1. The molecule has 0 radical (unpaired) electrons. The maximum atomic E-state index is 13.3. The van der Waals surface area contributed by atoms with Gasteiger partial charge in [-0.1, -0.05) is 28.1 Å². The van der Waals surface area contributed by atoms with E-state index in [1.165, 1.54) is 4.31 Å². The Morgan fingerprint density at radius 3 is 2.50 bits per heavy atom. The van der Waals surface area contributed by atoms with Crippen molar-refractivity contribution in [2.75, 3.05) is 6.54 Å². The van der Waals surface area contributed by atoms with Crippen molar-refractivity contribution in [3.8, 4) is 0 Å². The molecule has 1 N–H and O–H groups in total. The first-order valence-electron chi connectivity index (χ1n) is 8.17. The van der Waals surface area contributed by atoms with Gasteiger partial charge in [-0.25, -0.2) is 8.42 Å². The highest BCUT2D eigenvalue weighted by atomic mass is 79.9. The molecule has 0 unspecified atom stereocenters. The number of amides is 1. The molecule has 1 atom stereocenters. The summed E-state index contributed by atoms with van der Waals surface area (Å²) in [7, 11) is -3.79. The van der Waals surface area contributed by atoms with E-state index < -0.39 is 16.1 Å². The molecule has 5 nitrogen and oxygen atoms in total. The zero-order valence-electron chi connectivity index (χ0n) is 13.8. The molecule has 1 aromatic carbocycles. The van der Waals surface area contributed by atoms with Crippen LogP contribution in [0, 0.1) is 0 Å². The molecule has 1 amide bonds. The molecule has 9 heteroatoms. The van der Waals surface area contributed by atoms with Gasteiger partial charge in [-0.15, -0.1) is 11.3 Å². The Balaban J connectivity index is 2.00. The van der Waals surface area contributed by atoms with E-state index in [1.807, 2.05) is 24.3 Å². The number of sulfonamides is 1. The van der Waals surface area contributed by atoms with Gasteiger partial charge in [0.25, 0.3) is 10.0 Å². The largest absolute Gasteiger partial charge is 0.355 e. The average Bonchev–Trinajstić information content (AvgIpc) is 2.94. The van der Waals surface area contributed by atoms with E-state index in [4.69, 9.17) is 0 Å². The molecule has 26 heavy (non-hydrogen) atoms. The van der Waals surface area contributed by atoms with Gasteiger partial charge in [0, 0.05) is 17.6 Å². The molecule has 3 rings (SSSR count). The Hall–Kier alpha value is -0.740.